The summed E-state index contributed by atoms with van der Waals surface area (Å²) in [6.07, 6.45) is 0. The molecular formula is C9H11N2U-. The van der Waals surface area contributed by atoms with E-state index in [1.807, 2.05) is 24.3 Å². The summed E-state index contributed by atoms with van der Waals surface area (Å²) in [6.45, 7) is 3.77. The van der Waals surface area contributed by atoms with Crippen molar-refractivity contribution in [2.45, 2.75) is 0 Å². The van der Waals surface area contributed by atoms with Crippen molar-refractivity contribution >= 4 is 11.4 Å². The van der Waals surface area contributed by atoms with Crippen molar-refractivity contribution in [3.63, 3.8) is 0 Å². The predicted molar refractivity (Wildman–Crippen MR) is 49.2 cm³/mol. The number of anilines is 1. The van der Waals surface area contributed by atoms with E-state index < -0.39 is 0 Å². The second kappa shape index (κ2) is 5.29. The van der Waals surface area contributed by atoms with E-state index >= 15 is 0 Å². The summed E-state index contributed by atoms with van der Waals surface area (Å²) < 4.78 is 0. The van der Waals surface area contributed by atoms with Crippen LogP contribution in [0.3, 0.4) is 0 Å². The van der Waals surface area contributed by atoms with E-state index in [4.69, 9.17) is 5.73 Å². The fourth-order valence-electron chi connectivity index (χ4n) is 0.805. The Hall–Kier alpha value is -0.388. The van der Waals surface area contributed by atoms with Crippen LogP contribution in [-0.4, -0.2) is 7.05 Å². The van der Waals surface area contributed by atoms with Gasteiger partial charge < -0.3 is 11.1 Å². The molecule has 1 rings (SSSR count). The Morgan fingerprint density at radius 3 is 2.25 bits per heavy atom. The van der Waals surface area contributed by atoms with Gasteiger partial charge in [0.05, 0.1) is 0 Å². The van der Waals surface area contributed by atoms with Crippen molar-refractivity contribution in [1.82, 2.24) is 0 Å². The number of hydrogen-bond donors (Lipinski definition) is 1. The maximum absolute atomic E-state index is 5.51. The van der Waals surface area contributed by atoms with Crippen molar-refractivity contribution in [1.29, 1.82) is 0 Å². The third-order valence-electron chi connectivity index (χ3n) is 1.51. The molecule has 0 aromatic heterocycles. The van der Waals surface area contributed by atoms with Gasteiger partial charge in [0.25, 0.3) is 0 Å². The Balaban J connectivity index is 0.00000121. The van der Waals surface area contributed by atoms with Crippen LogP contribution in [0.4, 0.5) is 5.69 Å². The molecule has 0 bridgehead atoms. The summed E-state index contributed by atoms with van der Waals surface area (Å²) in [4.78, 5) is 0. The topological polar surface area (TPSA) is 40.1 Å². The molecule has 0 spiro atoms. The van der Waals surface area contributed by atoms with Gasteiger partial charge in [0.2, 0.25) is 0 Å². The van der Waals surface area contributed by atoms with Gasteiger partial charge in [-0.2, -0.15) is 0 Å². The molecule has 0 saturated carbocycles. The molecule has 0 unspecified atom stereocenters. The normalized spacial score (nSPS) is 8.42. The first-order valence-electron chi connectivity index (χ1n) is 3.38. The molecule has 0 aliphatic carbocycles. The van der Waals surface area contributed by atoms with Gasteiger partial charge in [-0.25, -0.2) is 0 Å². The molecule has 3 heteroatoms. The van der Waals surface area contributed by atoms with Crippen molar-refractivity contribution in [2.24, 2.45) is 0 Å². The van der Waals surface area contributed by atoms with Gasteiger partial charge in [-0.05, 0) is 17.7 Å². The second-order valence-corrected chi connectivity index (χ2v) is 2.29. The molecule has 0 heterocycles. The van der Waals surface area contributed by atoms with E-state index in [9.17, 15) is 0 Å². The van der Waals surface area contributed by atoms with Crippen molar-refractivity contribution < 1.29 is 31.1 Å². The van der Waals surface area contributed by atoms with Crippen LogP contribution in [-0.2, 0) is 0 Å². The first kappa shape index (κ1) is 11.6. The summed E-state index contributed by atoms with van der Waals surface area (Å²) in [7, 11) is 1.72. The minimum atomic E-state index is 0. The molecule has 0 fully saturated rings. The van der Waals surface area contributed by atoms with E-state index in [-0.39, 0.29) is 31.1 Å². The summed E-state index contributed by atoms with van der Waals surface area (Å²) in [6, 6.07) is 7.49. The van der Waals surface area contributed by atoms with Gasteiger partial charge in [-0.1, -0.05) is 12.1 Å². The Kier molecular flexibility index (Phi) is 5.12. The van der Waals surface area contributed by atoms with Crippen LogP contribution in [0.1, 0.15) is 5.56 Å². The Morgan fingerprint density at radius 1 is 1.33 bits per heavy atom. The van der Waals surface area contributed by atoms with Crippen LogP contribution < -0.4 is 5.73 Å². The maximum atomic E-state index is 5.51. The molecule has 0 radical (unpaired) electrons. The van der Waals surface area contributed by atoms with Gasteiger partial charge in [0.15, 0.2) is 0 Å². The van der Waals surface area contributed by atoms with Crippen molar-refractivity contribution in [3.05, 3.63) is 41.7 Å². The van der Waals surface area contributed by atoms with E-state index in [0.29, 0.717) is 0 Å². The van der Waals surface area contributed by atoms with Crippen LogP contribution in [0.15, 0.2) is 30.8 Å². The quantitative estimate of drug-likeness (QED) is 0.780. The summed E-state index contributed by atoms with van der Waals surface area (Å²) in [5, 5.41) is 3.95. The van der Waals surface area contributed by atoms with Gasteiger partial charge in [-0.3, -0.25) is 0 Å². The minimum Gasteiger partial charge on any atom is -0.687 e. The predicted octanol–water partition coefficient (Wildman–Crippen LogP) is 2.24. The average Bonchev–Trinajstić information content (AvgIpc) is 2.05. The van der Waals surface area contributed by atoms with E-state index in [1.165, 1.54) is 0 Å². The first-order chi connectivity index (χ1) is 5.24. The molecule has 1 aromatic rings. The Labute approximate surface area is 96.6 Å². The van der Waals surface area contributed by atoms with Gasteiger partial charge >= 0.3 is 0 Å². The number of rotatable bonds is 2. The largest absolute Gasteiger partial charge is 0.687 e. The van der Waals surface area contributed by atoms with Crippen molar-refractivity contribution in [2.75, 3.05) is 12.8 Å². The third kappa shape index (κ3) is 2.92. The zero-order valence-electron chi connectivity index (χ0n) is 7.04. The smallest absolute Gasteiger partial charge is 0.0314 e. The van der Waals surface area contributed by atoms with Gasteiger partial charge in [0, 0.05) is 36.8 Å². The number of benzene rings is 1. The van der Waals surface area contributed by atoms with E-state index in [1.54, 1.807) is 7.05 Å². The fourth-order valence-corrected chi connectivity index (χ4v) is 0.805. The second-order valence-electron chi connectivity index (χ2n) is 2.29. The number of nitrogens with two attached hydrogens (primary N) is 1. The molecule has 2 N–H and O–H groups in total. The molecule has 0 amide bonds. The zero-order chi connectivity index (χ0) is 8.27. The molecule has 0 saturated heterocycles. The minimum absolute atomic E-state index is 0. The van der Waals surface area contributed by atoms with Crippen LogP contribution in [0, 0.1) is 31.1 Å². The molecule has 2 nitrogen and oxygen atoms in total. The van der Waals surface area contributed by atoms with E-state index in [2.05, 4.69) is 11.9 Å². The van der Waals surface area contributed by atoms with Crippen LogP contribution in [0.2, 0.25) is 0 Å². The summed E-state index contributed by atoms with van der Waals surface area (Å²) >= 11 is 0. The molecule has 0 aliphatic heterocycles. The monoisotopic (exact) mass is 385 g/mol. The molecule has 1 aromatic carbocycles. The molecule has 0 atom stereocenters. The molecule has 62 valence electrons. The maximum Gasteiger partial charge on any atom is 0.0314 e. The number of nitrogen functional groups attached to an aromatic ring is 1. The molecule has 0 aliphatic rings. The van der Waals surface area contributed by atoms with Crippen molar-refractivity contribution in [3.8, 4) is 0 Å². The average molecular weight is 385 g/mol. The Bertz CT molecular complexity index is 254. The number of nitrogens with zero attached hydrogens (tertiary/aromatic N) is 1. The van der Waals surface area contributed by atoms with Gasteiger partial charge in [0.1, 0.15) is 0 Å². The SMILES string of the molecule is C=C([N-]C)c1ccc(N)cc1.[U]. The van der Waals surface area contributed by atoms with Crippen LogP contribution in [0.5, 0.6) is 0 Å². The van der Waals surface area contributed by atoms with Crippen LogP contribution in [0.25, 0.3) is 11.0 Å². The molecular weight excluding hydrogens is 374 g/mol. The molecule has 12 heavy (non-hydrogen) atoms. The summed E-state index contributed by atoms with van der Waals surface area (Å²) in [5.41, 5.74) is 8.07. The first-order valence-corrected chi connectivity index (χ1v) is 3.38. The van der Waals surface area contributed by atoms with E-state index in [0.717, 1.165) is 16.9 Å². The Morgan fingerprint density at radius 2 is 1.83 bits per heavy atom. The third-order valence-corrected chi connectivity index (χ3v) is 1.51. The standard InChI is InChI=1S/C9H11N2.U/c1-7(11-2)8-3-5-9(10)6-4-8;/h3-6H,1,10H2,2H3;/q-1;. The fraction of sp³-hybridized carbons (Fsp3) is 0.111. The summed E-state index contributed by atoms with van der Waals surface area (Å²) in [5.74, 6) is 0. The zero-order valence-corrected chi connectivity index (χ0v) is 11.2. The van der Waals surface area contributed by atoms with Gasteiger partial charge in [-0.15, -0.1) is 19.3 Å². The van der Waals surface area contributed by atoms with Crippen LogP contribution >= 0.6 is 0 Å². The number of hydrogen-bond acceptors (Lipinski definition) is 1.